The molecular formula is C19H28N2O3S. The van der Waals surface area contributed by atoms with Gasteiger partial charge in [-0.1, -0.05) is 25.0 Å². The molecule has 0 spiro atoms. The molecule has 2 aliphatic rings. The van der Waals surface area contributed by atoms with Gasteiger partial charge >= 0.3 is 0 Å². The van der Waals surface area contributed by atoms with Crippen molar-refractivity contribution in [3.63, 3.8) is 0 Å². The summed E-state index contributed by atoms with van der Waals surface area (Å²) in [6.07, 6.45) is 7.37. The summed E-state index contributed by atoms with van der Waals surface area (Å²) in [7, 11) is -1.01. The van der Waals surface area contributed by atoms with Crippen molar-refractivity contribution in [2.45, 2.75) is 55.5 Å². The lowest BCUT2D eigenvalue weighted by Gasteiger charge is -2.35. The molecule has 2 aliphatic heterocycles. The molecule has 0 unspecified atom stereocenters. The minimum atomic E-state index is -3.19. The zero-order valence-corrected chi connectivity index (χ0v) is 16.0. The van der Waals surface area contributed by atoms with Crippen LogP contribution in [-0.2, 0) is 21.1 Å². The van der Waals surface area contributed by atoms with Crippen molar-refractivity contribution in [1.82, 2.24) is 9.80 Å². The van der Waals surface area contributed by atoms with Crippen molar-refractivity contribution in [3.8, 4) is 0 Å². The highest BCUT2D eigenvalue weighted by Crippen LogP contribution is 2.29. The van der Waals surface area contributed by atoms with E-state index in [1.54, 1.807) is 24.3 Å². The van der Waals surface area contributed by atoms with Gasteiger partial charge in [0.05, 0.1) is 11.3 Å². The first-order valence-corrected chi connectivity index (χ1v) is 11.0. The number of benzene rings is 1. The Morgan fingerprint density at radius 3 is 2.44 bits per heavy atom. The molecule has 2 atom stereocenters. The maximum absolute atomic E-state index is 12.8. The third kappa shape index (κ3) is 4.23. The van der Waals surface area contributed by atoms with E-state index in [4.69, 9.17) is 0 Å². The number of sulfone groups is 1. The zero-order chi connectivity index (χ0) is 18.0. The number of carbonyl (C=O) groups excluding carboxylic acids is 1. The second-order valence-electron chi connectivity index (χ2n) is 7.43. The molecule has 1 aromatic rings. The van der Waals surface area contributed by atoms with Gasteiger partial charge < -0.3 is 9.80 Å². The van der Waals surface area contributed by atoms with E-state index in [0.717, 1.165) is 31.5 Å². The van der Waals surface area contributed by atoms with Gasteiger partial charge in [-0.2, -0.15) is 0 Å². The highest BCUT2D eigenvalue weighted by Gasteiger charge is 2.38. The summed E-state index contributed by atoms with van der Waals surface area (Å²) in [5, 5.41) is 0. The van der Waals surface area contributed by atoms with E-state index in [2.05, 4.69) is 16.8 Å². The first-order valence-electron chi connectivity index (χ1n) is 9.15. The van der Waals surface area contributed by atoms with Crippen LogP contribution < -0.4 is 0 Å². The Balaban J connectivity index is 1.68. The molecule has 0 bridgehead atoms. The zero-order valence-electron chi connectivity index (χ0n) is 15.1. The van der Waals surface area contributed by atoms with Gasteiger partial charge in [0.2, 0.25) is 5.91 Å². The smallest absolute Gasteiger partial charge is 0.227 e. The Bertz CT molecular complexity index is 715. The maximum Gasteiger partial charge on any atom is 0.227 e. The number of rotatable bonds is 3. The summed E-state index contributed by atoms with van der Waals surface area (Å²) in [4.78, 5) is 17.6. The maximum atomic E-state index is 12.8. The van der Waals surface area contributed by atoms with Crippen LogP contribution in [0.1, 0.15) is 37.7 Å². The molecule has 0 N–H and O–H groups in total. The first kappa shape index (κ1) is 18.4. The fraction of sp³-hybridized carbons (Fsp3) is 0.632. The van der Waals surface area contributed by atoms with Crippen LogP contribution in [0, 0.1) is 0 Å². The summed E-state index contributed by atoms with van der Waals surface area (Å²) in [6, 6.07) is 7.51. The molecule has 1 amide bonds. The van der Waals surface area contributed by atoms with E-state index in [9.17, 15) is 13.2 Å². The van der Waals surface area contributed by atoms with Crippen LogP contribution in [0.15, 0.2) is 29.2 Å². The molecule has 1 aromatic carbocycles. The number of amides is 1. The predicted molar refractivity (Wildman–Crippen MR) is 98.3 cm³/mol. The topological polar surface area (TPSA) is 57.7 Å². The Kier molecular flexibility index (Phi) is 5.49. The van der Waals surface area contributed by atoms with Gasteiger partial charge in [-0.05, 0) is 50.6 Å². The molecule has 0 aromatic heterocycles. The highest BCUT2D eigenvalue weighted by molar-refractivity contribution is 7.90. The predicted octanol–water partition coefficient (Wildman–Crippen LogP) is 2.11. The standard InChI is InChI=1S/C19H28N2O3S/c1-20-12-5-3-4-6-18-17(20)11-13-21(18)19(22)14-15-7-9-16(10-8-15)25(2,23)24/h7-10,17-18H,3-6,11-14H2,1-2H3/t17-,18+/m0/s1. The van der Waals surface area contributed by atoms with Crippen molar-refractivity contribution >= 4 is 15.7 Å². The van der Waals surface area contributed by atoms with Crippen LogP contribution in [0.3, 0.4) is 0 Å². The van der Waals surface area contributed by atoms with Crippen LogP contribution in [-0.4, -0.2) is 62.6 Å². The summed E-state index contributed by atoms with van der Waals surface area (Å²) in [6.45, 7) is 1.95. The number of likely N-dealkylation sites (tertiary alicyclic amines) is 2. The van der Waals surface area contributed by atoms with Crippen molar-refractivity contribution < 1.29 is 13.2 Å². The second kappa shape index (κ2) is 7.46. The summed E-state index contributed by atoms with van der Waals surface area (Å²) < 4.78 is 23.1. The molecule has 2 fully saturated rings. The Morgan fingerprint density at radius 2 is 1.76 bits per heavy atom. The minimum Gasteiger partial charge on any atom is -0.338 e. The average molecular weight is 365 g/mol. The van der Waals surface area contributed by atoms with Crippen molar-refractivity contribution in [3.05, 3.63) is 29.8 Å². The first-order chi connectivity index (χ1) is 11.9. The number of fused-ring (bicyclic) bond motifs is 1. The number of likely N-dealkylation sites (N-methyl/N-ethyl adjacent to an activating group) is 1. The number of hydrogen-bond acceptors (Lipinski definition) is 4. The highest BCUT2D eigenvalue weighted by atomic mass is 32.2. The summed E-state index contributed by atoms with van der Waals surface area (Å²) in [5.41, 5.74) is 0.875. The van der Waals surface area contributed by atoms with E-state index in [0.29, 0.717) is 23.4 Å². The van der Waals surface area contributed by atoms with Crippen molar-refractivity contribution in [2.75, 3.05) is 26.4 Å². The van der Waals surface area contributed by atoms with Crippen LogP contribution >= 0.6 is 0 Å². The minimum absolute atomic E-state index is 0.161. The van der Waals surface area contributed by atoms with Crippen LogP contribution in [0.2, 0.25) is 0 Å². The molecule has 5 nitrogen and oxygen atoms in total. The lowest BCUT2D eigenvalue weighted by molar-refractivity contribution is -0.132. The van der Waals surface area contributed by atoms with Gasteiger partial charge in [0.1, 0.15) is 0 Å². The number of hydrogen-bond donors (Lipinski definition) is 0. The van der Waals surface area contributed by atoms with Gasteiger partial charge in [-0.15, -0.1) is 0 Å². The molecule has 6 heteroatoms. The van der Waals surface area contributed by atoms with E-state index < -0.39 is 9.84 Å². The fourth-order valence-electron chi connectivity index (χ4n) is 4.20. The van der Waals surface area contributed by atoms with Gasteiger partial charge in [-0.25, -0.2) is 8.42 Å². The van der Waals surface area contributed by atoms with E-state index in [1.807, 2.05) is 0 Å². The normalized spacial score (nSPS) is 25.3. The Labute approximate surface area is 150 Å². The molecule has 0 radical (unpaired) electrons. The van der Waals surface area contributed by atoms with Gasteiger partial charge in [-0.3, -0.25) is 4.79 Å². The summed E-state index contributed by atoms with van der Waals surface area (Å²) in [5.74, 6) is 0.161. The van der Waals surface area contributed by atoms with E-state index in [1.165, 1.54) is 25.5 Å². The van der Waals surface area contributed by atoms with Crippen LogP contribution in [0.4, 0.5) is 0 Å². The van der Waals surface area contributed by atoms with Crippen LogP contribution in [0.5, 0.6) is 0 Å². The molecular weight excluding hydrogens is 336 g/mol. The van der Waals surface area contributed by atoms with Gasteiger partial charge in [0.25, 0.3) is 0 Å². The molecule has 3 rings (SSSR count). The summed E-state index contributed by atoms with van der Waals surface area (Å²) >= 11 is 0. The molecule has 2 heterocycles. The van der Waals surface area contributed by atoms with Gasteiger partial charge in [0.15, 0.2) is 9.84 Å². The number of carbonyl (C=O) groups is 1. The quantitative estimate of drug-likeness (QED) is 0.824. The Hall–Kier alpha value is -1.40. The average Bonchev–Trinajstić information content (AvgIpc) is 2.95. The molecule has 0 saturated carbocycles. The lowest BCUT2D eigenvalue weighted by atomic mass is 9.97. The molecule has 2 saturated heterocycles. The van der Waals surface area contributed by atoms with E-state index >= 15 is 0 Å². The molecule has 0 aliphatic carbocycles. The van der Waals surface area contributed by atoms with Crippen molar-refractivity contribution in [1.29, 1.82) is 0 Å². The van der Waals surface area contributed by atoms with Gasteiger partial charge in [0, 0.05) is 24.9 Å². The van der Waals surface area contributed by atoms with Crippen LogP contribution in [0.25, 0.3) is 0 Å². The largest absolute Gasteiger partial charge is 0.338 e. The molecule has 138 valence electrons. The van der Waals surface area contributed by atoms with Crippen molar-refractivity contribution in [2.24, 2.45) is 0 Å². The SMILES string of the molecule is CN1CCCCC[C@@H]2[C@@H]1CCN2C(=O)Cc1ccc(S(C)(=O)=O)cc1. The fourth-order valence-corrected chi connectivity index (χ4v) is 4.83. The second-order valence-corrected chi connectivity index (χ2v) is 9.45. The third-order valence-electron chi connectivity index (χ3n) is 5.61. The van der Waals surface area contributed by atoms with E-state index in [-0.39, 0.29) is 5.91 Å². The third-order valence-corrected chi connectivity index (χ3v) is 6.74. The molecule has 25 heavy (non-hydrogen) atoms. The number of nitrogens with zero attached hydrogens (tertiary/aromatic N) is 2. The monoisotopic (exact) mass is 364 g/mol. The lowest BCUT2D eigenvalue weighted by Crippen LogP contribution is -2.47. The Morgan fingerprint density at radius 1 is 1.04 bits per heavy atom.